The standard InChI is InChI=1S/C37H36F2N2O7/c38-26-5-2-24(3-6-26)20-32(42)37(9-10-37)33(43)21-25-4-7-27(22-28(25)39)48-30-8-11-40-29-23-31(35-36(34(29)30)47-19-18-46-35)45-15-1-12-41-13-16-44-17-14-41/h2-8,11,22-23H,1,9-10,12-21H2. The van der Waals surface area contributed by atoms with Crippen LogP contribution in [0.5, 0.6) is 28.7 Å². The van der Waals surface area contributed by atoms with Crippen LogP contribution in [0.2, 0.25) is 0 Å². The first kappa shape index (κ1) is 32.0. The molecule has 1 aromatic heterocycles. The Morgan fingerprint density at radius 1 is 0.854 bits per heavy atom. The molecule has 0 spiro atoms. The van der Waals surface area contributed by atoms with Crippen molar-refractivity contribution in [2.24, 2.45) is 5.41 Å². The van der Waals surface area contributed by atoms with Gasteiger partial charge in [-0.1, -0.05) is 18.2 Å². The van der Waals surface area contributed by atoms with Gasteiger partial charge in [-0.2, -0.15) is 0 Å². The quantitative estimate of drug-likeness (QED) is 0.129. The molecular weight excluding hydrogens is 622 g/mol. The number of morpholine rings is 1. The lowest BCUT2D eigenvalue weighted by atomic mass is 9.88. The van der Waals surface area contributed by atoms with E-state index in [0.29, 0.717) is 72.1 Å². The topological polar surface area (TPSA) is 96.4 Å². The van der Waals surface area contributed by atoms with E-state index in [2.05, 4.69) is 9.88 Å². The Hall–Kier alpha value is -4.61. The Morgan fingerprint density at radius 2 is 1.60 bits per heavy atom. The van der Waals surface area contributed by atoms with Crippen molar-refractivity contribution in [1.29, 1.82) is 0 Å². The van der Waals surface area contributed by atoms with Crippen LogP contribution in [0.1, 0.15) is 30.4 Å². The van der Waals surface area contributed by atoms with Gasteiger partial charge in [0, 0.05) is 50.8 Å². The number of benzene rings is 3. The monoisotopic (exact) mass is 658 g/mol. The predicted octanol–water partition coefficient (Wildman–Crippen LogP) is 5.88. The summed E-state index contributed by atoms with van der Waals surface area (Å²) in [7, 11) is 0. The van der Waals surface area contributed by atoms with Crippen LogP contribution in [0.25, 0.3) is 10.9 Å². The zero-order valence-electron chi connectivity index (χ0n) is 26.5. The lowest BCUT2D eigenvalue weighted by Crippen LogP contribution is -2.37. The van der Waals surface area contributed by atoms with Crippen LogP contribution >= 0.6 is 0 Å². The van der Waals surface area contributed by atoms with E-state index < -0.39 is 17.0 Å². The number of fused-ring (bicyclic) bond motifs is 3. The van der Waals surface area contributed by atoms with Crippen LogP contribution < -0.4 is 18.9 Å². The highest BCUT2D eigenvalue weighted by Crippen LogP contribution is 2.50. The van der Waals surface area contributed by atoms with Crippen molar-refractivity contribution in [3.05, 3.63) is 83.6 Å². The van der Waals surface area contributed by atoms with Crippen LogP contribution in [0.3, 0.4) is 0 Å². The van der Waals surface area contributed by atoms with Crippen molar-refractivity contribution in [1.82, 2.24) is 9.88 Å². The predicted molar refractivity (Wildman–Crippen MR) is 172 cm³/mol. The molecule has 1 saturated carbocycles. The molecule has 3 heterocycles. The summed E-state index contributed by atoms with van der Waals surface area (Å²) in [6, 6.07) is 13.4. The van der Waals surface area contributed by atoms with Crippen molar-refractivity contribution in [3.8, 4) is 28.7 Å². The lowest BCUT2D eigenvalue weighted by Gasteiger charge is -2.26. The molecule has 0 radical (unpaired) electrons. The number of Topliss-reactive ketones (excluding diaryl/α,β-unsaturated/α-hetero) is 2. The molecule has 1 aliphatic carbocycles. The molecule has 4 aromatic rings. The van der Waals surface area contributed by atoms with Gasteiger partial charge in [0.1, 0.15) is 36.3 Å². The van der Waals surface area contributed by atoms with Crippen LogP contribution in [-0.4, -0.2) is 74.1 Å². The summed E-state index contributed by atoms with van der Waals surface area (Å²) in [5.41, 5.74) is 0.275. The van der Waals surface area contributed by atoms with Crippen molar-refractivity contribution in [3.63, 3.8) is 0 Å². The summed E-state index contributed by atoms with van der Waals surface area (Å²) in [4.78, 5) is 33.2. The molecule has 11 heteroatoms. The Bertz CT molecular complexity index is 1820. The largest absolute Gasteiger partial charge is 0.489 e. The molecule has 1 saturated heterocycles. The molecular formula is C37H36F2N2O7. The third-order valence-corrected chi connectivity index (χ3v) is 9.12. The number of nitrogens with zero attached hydrogens (tertiary/aromatic N) is 2. The Balaban J connectivity index is 1.04. The summed E-state index contributed by atoms with van der Waals surface area (Å²) >= 11 is 0. The van der Waals surface area contributed by atoms with E-state index in [1.807, 2.05) is 0 Å². The third-order valence-electron chi connectivity index (χ3n) is 9.12. The van der Waals surface area contributed by atoms with Gasteiger partial charge in [-0.25, -0.2) is 8.78 Å². The Labute approximate surface area is 276 Å². The maximum atomic E-state index is 15.4. The summed E-state index contributed by atoms with van der Waals surface area (Å²) in [6.07, 6.45) is 3.11. The van der Waals surface area contributed by atoms with Gasteiger partial charge >= 0.3 is 0 Å². The number of hydrogen-bond acceptors (Lipinski definition) is 9. The van der Waals surface area contributed by atoms with E-state index in [-0.39, 0.29) is 35.7 Å². The molecule has 3 aromatic carbocycles. The van der Waals surface area contributed by atoms with E-state index in [0.717, 1.165) is 39.3 Å². The van der Waals surface area contributed by atoms with Crippen LogP contribution in [0, 0.1) is 17.0 Å². The minimum atomic E-state index is -1.11. The molecule has 2 aliphatic heterocycles. The summed E-state index contributed by atoms with van der Waals surface area (Å²) < 4.78 is 58.4. The van der Waals surface area contributed by atoms with Gasteiger partial charge in [0.05, 0.1) is 36.1 Å². The van der Waals surface area contributed by atoms with E-state index >= 15 is 4.39 Å². The second-order valence-corrected chi connectivity index (χ2v) is 12.4. The second-order valence-electron chi connectivity index (χ2n) is 12.4. The maximum Gasteiger partial charge on any atom is 0.204 e. The van der Waals surface area contributed by atoms with Crippen molar-refractivity contribution in [2.45, 2.75) is 32.1 Å². The van der Waals surface area contributed by atoms with E-state index in [1.165, 1.54) is 36.4 Å². The van der Waals surface area contributed by atoms with Gasteiger partial charge in [0.25, 0.3) is 0 Å². The maximum absolute atomic E-state index is 15.4. The fourth-order valence-electron chi connectivity index (χ4n) is 6.26. The fourth-order valence-corrected chi connectivity index (χ4v) is 6.26. The summed E-state index contributed by atoms with van der Waals surface area (Å²) in [6.45, 7) is 5.44. The summed E-state index contributed by atoms with van der Waals surface area (Å²) in [5, 5.41) is 0.572. The van der Waals surface area contributed by atoms with Gasteiger partial charge in [-0.05, 0) is 54.7 Å². The number of pyridine rings is 1. The highest BCUT2D eigenvalue weighted by molar-refractivity contribution is 6.11. The SMILES string of the molecule is O=C(Cc1ccc(F)cc1)C1(C(=O)Cc2ccc(Oc3ccnc4cc(OCCCN5CCOCC5)c5c(c34)OCCO5)cc2F)CC1. The zero-order valence-corrected chi connectivity index (χ0v) is 26.5. The smallest absolute Gasteiger partial charge is 0.204 e. The van der Waals surface area contributed by atoms with Crippen molar-refractivity contribution >= 4 is 22.5 Å². The number of rotatable bonds is 13. The zero-order chi connectivity index (χ0) is 33.1. The molecule has 7 rings (SSSR count). The average Bonchev–Trinajstić information content (AvgIpc) is 3.92. The van der Waals surface area contributed by atoms with Gasteiger partial charge in [-0.15, -0.1) is 0 Å². The van der Waals surface area contributed by atoms with Crippen LogP contribution in [-0.2, 0) is 27.2 Å². The first-order valence-electron chi connectivity index (χ1n) is 16.3. The van der Waals surface area contributed by atoms with Crippen LogP contribution in [0.15, 0.2) is 60.8 Å². The molecule has 250 valence electrons. The normalized spacial score (nSPS) is 16.8. The highest BCUT2D eigenvalue weighted by atomic mass is 19.1. The van der Waals surface area contributed by atoms with Gasteiger partial charge < -0.3 is 23.7 Å². The van der Waals surface area contributed by atoms with Crippen molar-refractivity contribution < 1.29 is 42.1 Å². The van der Waals surface area contributed by atoms with E-state index in [4.69, 9.17) is 23.7 Å². The number of ketones is 2. The molecule has 0 unspecified atom stereocenters. The molecule has 0 atom stereocenters. The Morgan fingerprint density at radius 3 is 2.35 bits per heavy atom. The number of halogens is 2. The van der Waals surface area contributed by atoms with Gasteiger partial charge in [0.2, 0.25) is 5.75 Å². The van der Waals surface area contributed by atoms with Crippen molar-refractivity contribution in [2.75, 3.05) is 52.7 Å². The number of ether oxygens (including phenoxy) is 5. The van der Waals surface area contributed by atoms with Gasteiger partial charge in [-0.3, -0.25) is 19.5 Å². The minimum absolute atomic E-state index is 0.0299. The first-order valence-corrected chi connectivity index (χ1v) is 16.3. The van der Waals surface area contributed by atoms with Gasteiger partial charge in [0.15, 0.2) is 23.1 Å². The van der Waals surface area contributed by atoms with Crippen LogP contribution in [0.4, 0.5) is 8.78 Å². The molecule has 9 nitrogen and oxygen atoms in total. The average molecular weight is 659 g/mol. The number of hydrogen-bond donors (Lipinski definition) is 0. The fraction of sp³-hybridized carbons (Fsp3) is 0.378. The third kappa shape index (κ3) is 6.84. The molecule has 0 amide bonds. The molecule has 0 N–H and O–H groups in total. The summed E-state index contributed by atoms with van der Waals surface area (Å²) in [5.74, 6) is 0.531. The highest BCUT2D eigenvalue weighted by Gasteiger charge is 2.54. The second kappa shape index (κ2) is 13.9. The van der Waals surface area contributed by atoms with E-state index in [1.54, 1.807) is 24.4 Å². The lowest BCUT2D eigenvalue weighted by molar-refractivity contribution is -0.133. The first-order chi connectivity index (χ1) is 23.4. The molecule has 0 bridgehead atoms. The molecule has 3 aliphatic rings. The minimum Gasteiger partial charge on any atom is -0.489 e. The number of carbonyl (C=O) groups excluding carboxylic acids is 2. The Kier molecular flexibility index (Phi) is 9.23. The molecule has 2 fully saturated rings. The number of aromatic nitrogens is 1. The van der Waals surface area contributed by atoms with E-state index in [9.17, 15) is 14.0 Å². The molecule has 48 heavy (non-hydrogen) atoms. The number of carbonyl (C=O) groups is 2.